The van der Waals surface area contributed by atoms with Crippen LogP contribution in [0, 0.1) is 0 Å². The molecule has 0 fully saturated rings. The molecule has 22 heavy (non-hydrogen) atoms. The van der Waals surface area contributed by atoms with Gasteiger partial charge >= 0.3 is 5.97 Å². The van der Waals surface area contributed by atoms with E-state index < -0.39 is 5.97 Å². The van der Waals surface area contributed by atoms with Crippen molar-refractivity contribution in [1.29, 1.82) is 0 Å². The Morgan fingerprint density at radius 1 is 1.14 bits per heavy atom. The number of hydrazone groups is 1. The molecule has 0 amide bonds. The maximum Gasteiger partial charge on any atom is 0.364 e. The van der Waals surface area contributed by atoms with Gasteiger partial charge in [0.15, 0.2) is 12.2 Å². The summed E-state index contributed by atoms with van der Waals surface area (Å²) in [6.45, 7) is 0. The third-order valence-corrected chi connectivity index (χ3v) is 2.65. The predicted molar refractivity (Wildman–Crippen MR) is 83.8 cm³/mol. The van der Waals surface area contributed by atoms with Crippen molar-refractivity contribution in [2.75, 3.05) is 0 Å². The zero-order chi connectivity index (χ0) is 15.6. The van der Waals surface area contributed by atoms with Crippen molar-refractivity contribution in [1.82, 2.24) is 5.59 Å². The second-order valence-electron chi connectivity index (χ2n) is 3.96. The molecule has 0 unspecified atom stereocenters. The Hall–Kier alpha value is -2.71. The number of nitrogens with one attached hydrogen (secondary N) is 1. The summed E-state index contributed by atoms with van der Waals surface area (Å²) in [5.41, 5.74) is 4.03. The third-order valence-electron chi connectivity index (χ3n) is 2.50. The van der Waals surface area contributed by atoms with Crippen molar-refractivity contribution in [2.45, 2.75) is 0 Å². The summed E-state index contributed by atoms with van der Waals surface area (Å²) >= 11 is 0.292. The normalized spacial score (nSPS) is 11.0. The van der Waals surface area contributed by atoms with Crippen molar-refractivity contribution in [3.8, 4) is 0 Å². The lowest BCUT2D eigenvalue weighted by atomic mass is 10.2. The Morgan fingerprint density at radius 2 is 1.86 bits per heavy atom. The van der Waals surface area contributed by atoms with Gasteiger partial charge in [-0.05, 0) is 29.8 Å². The number of nitrogens with zero attached hydrogens (tertiary/aromatic N) is 3. The van der Waals surface area contributed by atoms with Gasteiger partial charge in [-0.2, -0.15) is 5.10 Å². The summed E-state index contributed by atoms with van der Waals surface area (Å²) in [6.07, 6.45) is 1.49. The summed E-state index contributed by atoms with van der Waals surface area (Å²) < 4.78 is 11.8. The first-order chi connectivity index (χ1) is 10.8. The monoisotopic (exact) mass is 316 g/mol. The molecule has 0 saturated heterocycles. The molecule has 2 aromatic carbocycles. The fraction of sp³-hybridized carbons (Fsp3) is 0. The Morgan fingerprint density at radius 3 is 2.55 bits per heavy atom. The maximum atomic E-state index is 11.6. The smallest absolute Gasteiger partial charge is 0.321 e. The van der Waals surface area contributed by atoms with Crippen LogP contribution in [0.3, 0.4) is 0 Å². The van der Waals surface area contributed by atoms with Crippen LogP contribution in [0.25, 0.3) is 0 Å². The van der Waals surface area contributed by atoms with Gasteiger partial charge < -0.3 is 9.39 Å². The van der Waals surface area contributed by atoms with Crippen LogP contribution < -0.4 is 5.59 Å². The van der Waals surface area contributed by atoms with Crippen LogP contribution in [-0.2, 0) is 4.84 Å². The number of rotatable bonds is 6. The molecule has 2 rings (SSSR count). The summed E-state index contributed by atoms with van der Waals surface area (Å²) in [4.78, 5) is 16.4. The van der Waals surface area contributed by atoms with E-state index in [2.05, 4.69) is 20.3 Å². The average Bonchev–Trinajstić information content (AvgIpc) is 2.58. The molecule has 0 spiro atoms. The van der Waals surface area contributed by atoms with Crippen LogP contribution in [0.5, 0.6) is 0 Å². The summed E-state index contributed by atoms with van der Waals surface area (Å²) in [7, 11) is 0. The van der Waals surface area contributed by atoms with Gasteiger partial charge in [-0.3, -0.25) is 0 Å². The molecule has 112 valence electrons. The van der Waals surface area contributed by atoms with Crippen molar-refractivity contribution >= 4 is 30.1 Å². The van der Waals surface area contributed by atoms with Crippen LogP contribution in [0.2, 0.25) is 0 Å². The highest BCUT2D eigenvalue weighted by Crippen LogP contribution is 2.14. The quantitative estimate of drug-likeness (QED) is 0.279. The highest BCUT2D eigenvalue weighted by molar-refractivity contribution is 7.92. The van der Waals surface area contributed by atoms with Gasteiger partial charge in [0.2, 0.25) is 0 Å². The summed E-state index contributed by atoms with van der Waals surface area (Å²) in [5, 5.41) is 7.51. The van der Waals surface area contributed by atoms with E-state index in [4.69, 9.17) is 9.39 Å². The molecule has 0 aliphatic heterocycles. The third kappa shape index (κ3) is 5.00. The van der Waals surface area contributed by atoms with Crippen LogP contribution in [0.15, 0.2) is 69.3 Å². The SMILES string of the molecule is O=C(ON/N=C/c1ccc(N=NSO)cc1)c1ccccc1. The maximum absolute atomic E-state index is 11.6. The molecule has 0 aliphatic carbocycles. The first-order valence-corrected chi connectivity index (χ1v) is 6.88. The van der Waals surface area contributed by atoms with E-state index in [-0.39, 0.29) is 0 Å². The Labute approximate surface area is 131 Å². The molecular formula is C14H12N4O3S. The molecule has 8 heteroatoms. The van der Waals surface area contributed by atoms with E-state index >= 15 is 0 Å². The molecule has 0 heterocycles. The molecule has 0 aliphatic rings. The highest BCUT2D eigenvalue weighted by atomic mass is 32.2. The van der Waals surface area contributed by atoms with Crippen molar-refractivity contribution in [3.05, 3.63) is 65.7 Å². The number of hydrogen-bond donors (Lipinski definition) is 2. The van der Waals surface area contributed by atoms with Crippen LogP contribution >= 0.6 is 12.2 Å². The number of carbonyl (C=O) groups excluding carboxylic acids is 1. The average molecular weight is 316 g/mol. The van der Waals surface area contributed by atoms with Crippen LogP contribution in [0.4, 0.5) is 5.69 Å². The zero-order valence-electron chi connectivity index (χ0n) is 11.3. The molecule has 0 saturated carbocycles. The van der Waals surface area contributed by atoms with Gasteiger partial charge in [0.25, 0.3) is 0 Å². The van der Waals surface area contributed by atoms with Crippen molar-refractivity contribution in [3.63, 3.8) is 0 Å². The minimum Gasteiger partial charge on any atom is -0.321 e. The largest absolute Gasteiger partial charge is 0.364 e. The Bertz CT molecular complexity index is 660. The lowest BCUT2D eigenvalue weighted by molar-refractivity contribution is 0.0262. The number of carbonyl (C=O) groups is 1. The minimum absolute atomic E-state index is 0.292. The van der Waals surface area contributed by atoms with Gasteiger partial charge in [-0.25, -0.2) is 4.79 Å². The number of benzene rings is 2. The fourth-order valence-electron chi connectivity index (χ4n) is 1.49. The molecule has 0 aromatic heterocycles. The lowest BCUT2D eigenvalue weighted by Gasteiger charge is -2.01. The van der Waals surface area contributed by atoms with Gasteiger partial charge in [-0.15, -0.1) is 10.7 Å². The van der Waals surface area contributed by atoms with E-state index in [9.17, 15) is 4.79 Å². The van der Waals surface area contributed by atoms with E-state index in [1.165, 1.54) is 6.21 Å². The minimum atomic E-state index is -0.519. The van der Waals surface area contributed by atoms with E-state index in [1.807, 2.05) is 6.07 Å². The second kappa shape index (κ2) is 8.55. The topological polar surface area (TPSA) is 95.6 Å². The zero-order valence-corrected chi connectivity index (χ0v) is 12.1. The molecule has 0 radical (unpaired) electrons. The molecular weight excluding hydrogens is 304 g/mol. The molecule has 0 bridgehead atoms. The van der Waals surface area contributed by atoms with E-state index in [0.29, 0.717) is 23.5 Å². The van der Waals surface area contributed by atoms with E-state index in [1.54, 1.807) is 48.5 Å². The van der Waals surface area contributed by atoms with Gasteiger partial charge in [0, 0.05) is 0 Å². The highest BCUT2D eigenvalue weighted by Gasteiger charge is 2.04. The second-order valence-corrected chi connectivity index (χ2v) is 4.29. The predicted octanol–water partition coefficient (Wildman–Crippen LogP) is 3.59. The Balaban J connectivity index is 1.82. The van der Waals surface area contributed by atoms with Crippen LogP contribution in [-0.4, -0.2) is 16.7 Å². The number of hydrogen-bond acceptors (Lipinski definition) is 8. The van der Waals surface area contributed by atoms with Gasteiger partial charge in [0.05, 0.1) is 17.5 Å². The lowest BCUT2D eigenvalue weighted by Crippen LogP contribution is -2.14. The molecule has 0 atom stereocenters. The van der Waals surface area contributed by atoms with Gasteiger partial charge in [0.1, 0.15) is 0 Å². The standard InChI is InChI=1S/C14H12N4O3S/c19-14(12-4-2-1-3-5-12)21-17-15-10-11-6-8-13(9-7-11)16-18-22-20/h1-10,17,20H/b15-10+,18-16?. The van der Waals surface area contributed by atoms with E-state index in [0.717, 1.165) is 5.56 Å². The summed E-state index contributed by atoms with van der Waals surface area (Å²) in [6, 6.07) is 15.5. The van der Waals surface area contributed by atoms with Gasteiger partial charge in [-0.1, -0.05) is 34.9 Å². The first-order valence-electron chi connectivity index (χ1n) is 6.15. The fourth-order valence-corrected chi connectivity index (χ4v) is 1.63. The van der Waals surface area contributed by atoms with Crippen LogP contribution in [0.1, 0.15) is 15.9 Å². The van der Waals surface area contributed by atoms with Crippen molar-refractivity contribution in [2.24, 2.45) is 14.7 Å². The Kier molecular flexibility index (Phi) is 6.09. The molecule has 2 aromatic rings. The molecule has 7 nitrogen and oxygen atoms in total. The first kappa shape index (κ1) is 15.7. The molecule has 2 N–H and O–H groups in total. The van der Waals surface area contributed by atoms with Crippen molar-refractivity contribution < 1.29 is 14.2 Å². The summed E-state index contributed by atoms with van der Waals surface area (Å²) in [5.74, 6) is -0.519.